The smallest absolute Gasteiger partial charge is 0.274 e. The minimum Gasteiger partial charge on any atom is -0.475 e. The first-order chi connectivity index (χ1) is 13.1. The lowest BCUT2D eigenvalue weighted by Gasteiger charge is -2.07. The third-order valence-corrected chi connectivity index (χ3v) is 4.23. The molecule has 0 saturated heterocycles. The molecule has 0 atom stereocenters. The molecule has 0 aliphatic heterocycles. The van der Waals surface area contributed by atoms with E-state index >= 15 is 0 Å². The lowest BCUT2D eigenvalue weighted by atomic mass is 10.3. The maximum atomic E-state index is 14.6. The van der Waals surface area contributed by atoms with Gasteiger partial charge in [-0.1, -0.05) is 11.3 Å². The highest BCUT2D eigenvalue weighted by atomic mass is 32.1. The maximum absolute atomic E-state index is 14.6. The summed E-state index contributed by atoms with van der Waals surface area (Å²) in [7, 11) is 0. The van der Waals surface area contributed by atoms with Crippen molar-refractivity contribution < 1.29 is 23.4 Å². The number of nitrogens with one attached hydrogen (secondary N) is 1. The van der Waals surface area contributed by atoms with E-state index in [2.05, 4.69) is 20.3 Å². The van der Waals surface area contributed by atoms with Gasteiger partial charge < -0.3 is 19.5 Å². The summed E-state index contributed by atoms with van der Waals surface area (Å²) in [5, 5.41) is 3.01. The van der Waals surface area contributed by atoms with Crippen LogP contribution in [0.1, 0.15) is 13.8 Å². The van der Waals surface area contributed by atoms with Crippen LogP contribution in [0.15, 0.2) is 24.5 Å². The molecule has 10 heteroatoms. The van der Waals surface area contributed by atoms with Gasteiger partial charge in [0.1, 0.15) is 6.61 Å². The van der Waals surface area contributed by atoms with E-state index in [1.807, 2.05) is 6.92 Å². The van der Waals surface area contributed by atoms with Crippen LogP contribution in [0.2, 0.25) is 0 Å². The number of hydrogen-bond donors (Lipinski definition) is 1. The molecule has 0 radical (unpaired) electrons. The topological polar surface area (TPSA) is 95.5 Å². The number of ether oxygens (including phenoxy) is 3. The highest BCUT2D eigenvalue weighted by molar-refractivity contribution is 7.20. The number of halogens is 1. The molecule has 0 fully saturated rings. The van der Waals surface area contributed by atoms with Gasteiger partial charge in [-0.05, 0) is 19.1 Å². The van der Waals surface area contributed by atoms with E-state index in [-0.39, 0.29) is 30.0 Å². The molecular weight excluding hydrogens is 375 g/mol. The van der Waals surface area contributed by atoms with Crippen LogP contribution in [-0.4, -0.2) is 40.6 Å². The van der Waals surface area contributed by atoms with E-state index in [1.165, 1.54) is 25.4 Å². The largest absolute Gasteiger partial charge is 0.475 e. The molecule has 0 spiro atoms. The van der Waals surface area contributed by atoms with E-state index in [4.69, 9.17) is 14.2 Å². The average Bonchev–Trinajstić information content (AvgIpc) is 3.06. The molecule has 27 heavy (non-hydrogen) atoms. The number of carbonyl (C=O) groups excluding carboxylic acids is 1. The number of benzene rings is 1. The summed E-state index contributed by atoms with van der Waals surface area (Å²) in [6.07, 6.45) is 2.69. The van der Waals surface area contributed by atoms with Crippen LogP contribution in [0, 0.1) is 5.82 Å². The van der Waals surface area contributed by atoms with Crippen LogP contribution >= 0.6 is 11.3 Å². The first-order valence-electron chi connectivity index (χ1n) is 8.15. The van der Waals surface area contributed by atoms with E-state index in [1.54, 1.807) is 6.07 Å². The monoisotopic (exact) mass is 392 g/mol. The predicted molar refractivity (Wildman–Crippen MR) is 97.0 cm³/mol. The molecule has 0 aliphatic rings. The standard InChI is InChI=1S/C17H17FN4O4S/c1-3-24-17-22-11-4-5-12(15(18)16(11)27-17)26-14-9-20-13(8-21-14)25-7-6-19-10(2)23/h4-5,8-9H,3,6-7H2,1-2H3,(H,19,23). The summed E-state index contributed by atoms with van der Waals surface area (Å²) in [4.78, 5) is 23.0. The molecule has 1 amide bonds. The number of amides is 1. The Hall–Kier alpha value is -3.01. The van der Waals surface area contributed by atoms with Gasteiger partial charge in [0.05, 0.1) is 35.8 Å². The first kappa shape index (κ1) is 18.8. The van der Waals surface area contributed by atoms with Gasteiger partial charge >= 0.3 is 0 Å². The van der Waals surface area contributed by atoms with Gasteiger partial charge in [0.25, 0.3) is 5.19 Å². The zero-order chi connectivity index (χ0) is 19.2. The molecule has 142 valence electrons. The molecule has 1 aromatic carbocycles. The third kappa shape index (κ3) is 4.79. The van der Waals surface area contributed by atoms with E-state index in [9.17, 15) is 9.18 Å². The van der Waals surface area contributed by atoms with Crippen molar-refractivity contribution in [2.75, 3.05) is 19.8 Å². The van der Waals surface area contributed by atoms with Crippen molar-refractivity contribution in [3.63, 3.8) is 0 Å². The molecule has 2 aromatic heterocycles. The van der Waals surface area contributed by atoms with Crippen LogP contribution in [0.25, 0.3) is 10.2 Å². The van der Waals surface area contributed by atoms with Gasteiger partial charge in [-0.3, -0.25) is 4.79 Å². The minimum absolute atomic E-state index is 0.0165. The van der Waals surface area contributed by atoms with Crippen LogP contribution in [-0.2, 0) is 4.79 Å². The molecule has 3 aromatic rings. The van der Waals surface area contributed by atoms with Gasteiger partial charge in [0.2, 0.25) is 17.7 Å². The summed E-state index contributed by atoms with van der Waals surface area (Å²) in [5.74, 6) is -0.262. The Labute approximate surface area is 158 Å². The summed E-state index contributed by atoms with van der Waals surface area (Å²) in [6.45, 7) is 4.33. The SMILES string of the molecule is CCOc1nc2ccc(Oc3cnc(OCCNC(C)=O)cn3)c(F)c2s1. The van der Waals surface area contributed by atoms with Gasteiger partial charge in [0, 0.05) is 6.92 Å². The van der Waals surface area contributed by atoms with Crippen molar-refractivity contribution in [3.05, 3.63) is 30.3 Å². The lowest BCUT2D eigenvalue weighted by Crippen LogP contribution is -2.25. The number of hydrogen-bond acceptors (Lipinski definition) is 8. The molecule has 8 nitrogen and oxygen atoms in total. The van der Waals surface area contributed by atoms with Crippen molar-refractivity contribution in [3.8, 4) is 22.7 Å². The minimum atomic E-state index is -0.534. The molecular formula is C17H17FN4O4S. The number of rotatable bonds is 8. The van der Waals surface area contributed by atoms with Gasteiger partial charge in [0.15, 0.2) is 11.6 Å². The van der Waals surface area contributed by atoms with E-state index < -0.39 is 5.82 Å². The van der Waals surface area contributed by atoms with Gasteiger partial charge in [-0.25, -0.2) is 19.3 Å². The van der Waals surface area contributed by atoms with Gasteiger partial charge in [-0.15, -0.1) is 0 Å². The second kappa shape index (κ2) is 8.58. The molecule has 2 heterocycles. The fraction of sp³-hybridized carbons (Fsp3) is 0.294. The highest BCUT2D eigenvalue weighted by Crippen LogP contribution is 2.35. The van der Waals surface area contributed by atoms with Crippen LogP contribution < -0.4 is 19.5 Å². The normalized spacial score (nSPS) is 10.6. The third-order valence-electron chi connectivity index (χ3n) is 3.25. The van der Waals surface area contributed by atoms with Crippen LogP contribution in [0.5, 0.6) is 22.7 Å². The zero-order valence-electron chi connectivity index (χ0n) is 14.7. The summed E-state index contributed by atoms with van der Waals surface area (Å²) >= 11 is 1.11. The average molecular weight is 392 g/mol. The number of carbonyl (C=O) groups is 1. The molecule has 0 bridgehead atoms. The van der Waals surface area contributed by atoms with Crippen molar-refractivity contribution in [1.29, 1.82) is 0 Å². The fourth-order valence-electron chi connectivity index (χ4n) is 2.11. The first-order valence-corrected chi connectivity index (χ1v) is 8.97. The molecule has 3 rings (SSSR count). The van der Waals surface area contributed by atoms with Crippen molar-refractivity contribution >= 4 is 27.5 Å². The lowest BCUT2D eigenvalue weighted by molar-refractivity contribution is -0.119. The van der Waals surface area contributed by atoms with Crippen LogP contribution in [0.3, 0.4) is 0 Å². The Morgan fingerprint density at radius 2 is 2.00 bits per heavy atom. The quantitative estimate of drug-likeness (QED) is 0.589. The van der Waals surface area contributed by atoms with E-state index in [0.29, 0.717) is 28.6 Å². The molecule has 0 saturated carbocycles. The Morgan fingerprint density at radius 3 is 2.70 bits per heavy atom. The second-order valence-electron chi connectivity index (χ2n) is 5.27. The zero-order valence-corrected chi connectivity index (χ0v) is 15.5. The molecule has 1 N–H and O–H groups in total. The number of aromatic nitrogens is 3. The number of thiazole rings is 1. The van der Waals surface area contributed by atoms with Crippen molar-refractivity contribution in [2.45, 2.75) is 13.8 Å². The Kier molecular flexibility index (Phi) is 5.97. The predicted octanol–water partition coefficient (Wildman–Crippen LogP) is 2.93. The second-order valence-corrected chi connectivity index (χ2v) is 6.23. The number of fused-ring (bicyclic) bond motifs is 1. The van der Waals surface area contributed by atoms with Crippen molar-refractivity contribution in [1.82, 2.24) is 20.3 Å². The summed E-state index contributed by atoms with van der Waals surface area (Å²) in [5.41, 5.74) is 0.502. The van der Waals surface area contributed by atoms with Crippen molar-refractivity contribution in [2.24, 2.45) is 0 Å². The molecule has 0 unspecified atom stereocenters. The highest BCUT2D eigenvalue weighted by Gasteiger charge is 2.15. The maximum Gasteiger partial charge on any atom is 0.274 e. The summed E-state index contributed by atoms with van der Waals surface area (Å²) < 4.78 is 31.1. The van der Waals surface area contributed by atoms with Gasteiger partial charge in [-0.2, -0.15) is 0 Å². The Bertz CT molecular complexity index is 933. The molecule has 0 aliphatic carbocycles. The Balaban J connectivity index is 1.66. The number of nitrogens with zero attached hydrogens (tertiary/aromatic N) is 3. The fourth-order valence-corrected chi connectivity index (χ4v) is 3.02. The van der Waals surface area contributed by atoms with E-state index in [0.717, 1.165) is 11.3 Å². The summed E-state index contributed by atoms with van der Waals surface area (Å²) in [6, 6.07) is 3.13. The Morgan fingerprint density at radius 1 is 1.22 bits per heavy atom. The van der Waals surface area contributed by atoms with Crippen LogP contribution in [0.4, 0.5) is 4.39 Å².